The number of carbonyl (C=O) groups excluding carboxylic acids is 1. The second-order valence-corrected chi connectivity index (χ2v) is 3.91. The number of hydrogen-bond acceptors (Lipinski definition) is 7. The maximum atomic E-state index is 11.8. The minimum Gasteiger partial charge on any atom is -0.493 e. The average Bonchev–Trinajstić information content (AvgIpc) is 2.58. The Labute approximate surface area is 141 Å². The number of rotatable bonds is 7. The van der Waals surface area contributed by atoms with Crippen molar-refractivity contribution in [1.82, 2.24) is 5.32 Å². The Kier molecular flexibility index (Phi) is 14.2. The molecule has 1 aromatic carbocycles. The van der Waals surface area contributed by atoms with Crippen LogP contribution >= 0.6 is 12.4 Å². The molecule has 0 spiro atoms. The van der Waals surface area contributed by atoms with Gasteiger partial charge in [0.2, 0.25) is 5.75 Å². The van der Waals surface area contributed by atoms with E-state index in [2.05, 4.69) is 5.32 Å². The highest BCUT2D eigenvalue weighted by molar-refractivity contribution is 5.95. The predicted molar refractivity (Wildman–Crippen MR) is 88.9 cm³/mol. The maximum Gasteiger partial charge on any atom is 0.251 e. The van der Waals surface area contributed by atoms with Crippen molar-refractivity contribution in [1.29, 1.82) is 0 Å². The lowest BCUT2D eigenvalue weighted by Gasteiger charge is -2.13. The van der Waals surface area contributed by atoms with Crippen molar-refractivity contribution < 1.29 is 29.2 Å². The largest absolute Gasteiger partial charge is 0.493 e. The Bertz CT molecular complexity index is 432. The van der Waals surface area contributed by atoms with Gasteiger partial charge in [0, 0.05) is 18.7 Å². The molecular weight excluding hydrogens is 328 g/mol. The number of aliphatic hydroxyl groups is 2. The van der Waals surface area contributed by atoms with E-state index in [1.54, 1.807) is 12.1 Å². The lowest BCUT2D eigenvalue weighted by molar-refractivity contribution is 0.0944. The van der Waals surface area contributed by atoms with E-state index in [4.69, 9.17) is 30.2 Å². The summed E-state index contributed by atoms with van der Waals surface area (Å²) in [5.74, 6) is 0.930. The number of carbonyl (C=O) groups is 1. The van der Waals surface area contributed by atoms with Crippen LogP contribution in [0.2, 0.25) is 0 Å². The van der Waals surface area contributed by atoms with E-state index < -0.39 is 0 Å². The molecule has 5 N–H and O–H groups in total. The molecule has 23 heavy (non-hydrogen) atoms. The SMILES string of the molecule is COc1cc(C(=O)NCCO)cc(OC)c1OC.Cl.NCCO. The van der Waals surface area contributed by atoms with Gasteiger partial charge in [-0.15, -0.1) is 12.4 Å². The topological polar surface area (TPSA) is 123 Å². The van der Waals surface area contributed by atoms with Gasteiger partial charge in [-0.25, -0.2) is 0 Å². The number of amides is 1. The Morgan fingerprint density at radius 3 is 1.87 bits per heavy atom. The van der Waals surface area contributed by atoms with Crippen LogP contribution in [0, 0.1) is 0 Å². The second-order valence-electron chi connectivity index (χ2n) is 3.91. The Balaban J connectivity index is 0. The van der Waals surface area contributed by atoms with Crippen molar-refractivity contribution in [2.24, 2.45) is 5.73 Å². The van der Waals surface area contributed by atoms with Crippen LogP contribution in [0.5, 0.6) is 17.2 Å². The molecule has 0 heterocycles. The Morgan fingerprint density at radius 1 is 1.09 bits per heavy atom. The fourth-order valence-electron chi connectivity index (χ4n) is 1.48. The number of ether oxygens (including phenoxy) is 3. The normalized spacial score (nSPS) is 8.96. The van der Waals surface area contributed by atoms with E-state index in [-0.39, 0.29) is 38.1 Å². The zero-order valence-electron chi connectivity index (χ0n) is 13.5. The van der Waals surface area contributed by atoms with Crippen molar-refractivity contribution in [3.05, 3.63) is 17.7 Å². The number of hydrogen-bond donors (Lipinski definition) is 4. The fourth-order valence-corrected chi connectivity index (χ4v) is 1.48. The number of halogens is 1. The van der Waals surface area contributed by atoms with Gasteiger partial charge in [0.15, 0.2) is 11.5 Å². The van der Waals surface area contributed by atoms with E-state index in [1.165, 1.54) is 21.3 Å². The number of benzene rings is 1. The van der Waals surface area contributed by atoms with Gasteiger partial charge in [-0.05, 0) is 12.1 Å². The molecule has 0 radical (unpaired) electrons. The number of methoxy groups -OCH3 is 3. The third-order valence-electron chi connectivity index (χ3n) is 2.45. The molecule has 0 saturated carbocycles. The molecule has 0 saturated heterocycles. The first-order chi connectivity index (χ1) is 10.6. The highest BCUT2D eigenvalue weighted by atomic mass is 35.5. The van der Waals surface area contributed by atoms with Gasteiger partial charge < -0.3 is 35.5 Å². The van der Waals surface area contributed by atoms with Crippen LogP contribution in [0.4, 0.5) is 0 Å². The van der Waals surface area contributed by atoms with Crippen molar-refractivity contribution >= 4 is 18.3 Å². The summed E-state index contributed by atoms with van der Waals surface area (Å²) in [7, 11) is 4.45. The molecule has 0 aromatic heterocycles. The van der Waals surface area contributed by atoms with Gasteiger partial charge in [-0.2, -0.15) is 0 Å². The average molecular weight is 353 g/mol. The monoisotopic (exact) mass is 352 g/mol. The van der Waals surface area contributed by atoms with Crippen molar-refractivity contribution in [3.8, 4) is 17.2 Å². The van der Waals surface area contributed by atoms with E-state index in [0.29, 0.717) is 29.4 Å². The molecule has 0 unspecified atom stereocenters. The van der Waals surface area contributed by atoms with Crippen LogP contribution in [-0.2, 0) is 0 Å². The quantitative estimate of drug-likeness (QED) is 0.535. The van der Waals surface area contributed by atoms with Gasteiger partial charge >= 0.3 is 0 Å². The van der Waals surface area contributed by atoms with Crippen LogP contribution in [0.25, 0.3) is 0 Å². The van der Waals surface area contributed by atoms with Gasteiger partial charge in [0.25, 0.3) is 5.91 Å². The summed E-state index contributed by atoms with van der Waals surface area (Å²) in [5.41, 5.74) is 5.15. The lowest BCUT2D eigenvalue weighted by atomic mass is 10.1. The smallest absolute Gasteiger partial charge is 0.251 e. The maximum absolute atomic E-state index is 11.8. The Hall–Kier alpha value is -1.74. The first-order valence-electron chi connectivity index (χ1n) is 6.59. The predicted octanol–water partition coefficient (Wildman–Crippen LogP) is -0.206. The summed E-state index contributed by atoms with van der Waals surface area (Å²) in [6.45, 7) is 0.547. The number of nitrogens with two attached hydrogens (primary N) is 1. The molecule has 0 aliphatic heterocycles. The molecule has 0 aliphatic rings. The molecule has 8 nitrogen and oxygen atoms in total. The third kappa shape index (κ3) is 7.89. The zero-order valence-corrected chi connectivity index (χ0v) is 14.3. The van der Waals surface area contributed by atoms with Gasteiger partial charge in [0.1, 0.15) is 0 Å². The zero-order chi connectivity index (χ0) is 17.0. The summed E-state index contributed by atoms with van der Waals surface area (Å²) in [4.78, 5) is 11.8. The van der Waals surface area contributed by atoms with Crippen LogP contribution in [0.15, 0.2) is 12.1 Å². The summed E-state index contributed by atoms with van der Waals surface area (Å²) < 4.78 is 15.4. The van der Waals surface area contributed by atoms with Crippen LogP contribution < -0.4 is 25.3 Å². The molecule has 0 fully saturated rings. The van der Waals surface area contributed by atoms with Crippen molar-refractivity contribution in [3.63, 3.8) is 0 Å². The molecule has 0 aliphatic carbocycles. The molecule has 0 atom stereocenters. The Morgan fingerprint density at radius 2 is 1.57 bits per heavy atom. The number of nitrogens with one attached hydrogen (secondary N) is 1. The standard InChI is InChI=1S/C12H17NO5.C2H7NO.ClH/c1-16-9-6-8(12(15)13-4-5-14)7-10(17-2)11(9)18-3;3-1-2-4;/h6-7,14H,4-5H2,1-3H3,(H,13,15);4H,1-3H2;1H. The molecule has 1 amide bonds. The van der Waals surface area contributed by atoms with Gasteiger partial charge in [-0.1, -0.05) is 0 Å². The third-order valence-corrected chi connectivity index (χ3v) is 2.45. The van der Waals surface area contributed by atoms with Gasteiger partial charge in [-0.3, -0.25) is 4.79 Å². The van der Waals surface area contributed by atoms with E-state index >= 15 is 0 Å². The van der Waals surface area contributed by atoms with Gasteiger partial charge in [0.05, 0.1) is 34.5 Å². The molecule has 0 bridgehead atoms. The van der Waals surface area contributed by atoms with Crippen molar-refractivity contribution in [2.45, 2.75) is 0 Å². The van der Waals surface area contributed by atoms with E-state index in [1.807, 2.05) is 0 Å². The number of aliphatic hydroxyl groups excluding tert-OH is 2. The second kappa shape index (κ2) is 13.9. The lowest BCUT2D eigenvalue weighted by Crippen LogP contribution is -2.26. The fraction of sp³-hybridized carbons (Fsp3) is 0.500. The first-order valence-corrected chi connectivity index (χ1v) is 6.59. The van der Waals surface area contributed by atoms with E-state index in [9.17, 15) is 4.79 Å². The van der Waals surface area contributed by atoms with Crippen LogP contribution in [-0.4, -0.2) is 63.8 Å². The van der Waals surface area contributed by atoms with Crippen LogP contribution in [0.1, 0.15) is 10.4 Å². The molecule has 1 rings (SSSR count). The summed E-state index contributed by atoms with van der Waals surface area (Å²) in [5, 5.41) is 19.0. The molecular formula is C14H25ClN2O6. The minimum atomic E-state index is -0.316. The molecule has 1 aromatic rings. The highest BCUT2D eigenvalue weighted by Crippen LogP contribution is 2.38. The molecule has 134 valence electrons. The van der Waals surface area contributed by atoms with E-state index in [0.717, 1.165) is 0 Å². The highest BCUT2D eigenvalue weighted by Gasteiger charge is 2.16. The summed E-state index contributed by atoms with van der Waals surface area (Å²) >= 11 is 0. The molecule has 9 heteroatoms. The summed E-state index contributed by atoms with van der Waals surface area (Å²) in [6.07, 6.45) is 0. The van der Waals surface area contributed by atoms with Crippen LogP contribution in [0.3, 0.4) is 0 Å². The summed E-state index contributed by atoms with van der Waals surface area (Å²) in [6, 6.07) is 3.10. The first kappa shape index (κ1) is 23.5. The minimum absolute atomic E-state index is 0. The van der Waals surface area contributed by atoms with Crippen molar-refractivity contribution in [2.75, 3.05) is 47.6 Å².